The SMILES string of the molecule is CC1=C(N(c2ccc(-c3ccc4c(c3)c3c(n4-c4ccc(-c5ccccc5)cc4)CCC=C3)cc2)c2ccc3c4c(cccc24)-c2ccccc2-3)CCC=C1. The first-order valence-electron chi connectivity index (χ1n) is 19.6. The van der Waals surface area contributed by atoms with E-state index in [0.717, 1.165) is 25.7 Å². The number of anilines is 2. The van der Waals surface area contributed by atoms with Crippen LogP contribution in [-0.4, -0.2) is 4.57 Å². The van der Waals surface area contributed by atoms with Crippen LogP contribution in [-0.2, 0) is 6.42 Å². The zero-order valence-corrected chi connectivity index (χ0v) is 31.0. The van der Waals surface area contributed by atoms with E-state index in [-0.39, 0.29) is 0 Å². The second kappa shape index (κ2) is 12.7. The maximum absolute atomic E-state index is 2.53. The lowest BCUT2D eigenvalue weighted by atomic mass is 9.97. The fourth-order valence-corrected chi connectivity index (χ4v) is 9.42. The molecule has 3 aliphatic rings. The summed E-state index contributed by atoms with van der Waals surface area (Å²) in [6.45, 7) is 2.26. The summed E-state index contributed by atoms with van der Waals surface area (Å²) in [6, 6.07) is 56.4. The second-order valence-corrected chi connectivity index (χ2v) is 15.1. The first-order chi connectivity index (χ1) is 27.2. The topological polar surface area (TPSA) is 8.17 Å². The number of aromatic nitrogens is 1. The van der Waals surface area contributed by atoms with Crippen molar-refractivity contribution < 1.29 is 0 Å². The number of nitrogens with zero attached hydrogens (tertiary/aromatic N) is 2. The molecule has 0 atom stereocenters. The van der Waals surface area contributed by atoms with Crippen LogP contribution >= 0.6 is 0 Å². The molecular weight excluding hydrogens is 665 g/mol. The van der Waals surface area contributed by atoms with Gasteiger partial charge in [0.1, 0.15) is 0 Å². The van der Waals surface area contributed by atoms with Gasteiger partial charge in [-0.25, -0.2) is 0 Å². The van der Waals surface area contributed by atoms with E-state index in [2.05, 4.69) is 192 Å². The molecule has 2 nitrogen and oxygen atoms in total. The van der Waals surface area contributed by atoms with Crippen LogP contribution in [0.25, 0.3) is 77.9 Å². The van der Waals surface area contributed by atoms with Crippen molar-refractivity contribution in [3.05, 3.63) is 192 Å². The molecule has 0 radical (unpaired) electrons. The van der Waals surface area contributed by atoms with E-state index in [9.17, 15) is 0 Å². The van der Waals surface area contributed by atoms with Gasteiger partial charge < -0.3 is 9.47 Å². The fourth-order valence-electron chi connectivity index (χ4n) is 9.42. The van der Waals surface area contributed by atoms with Crippen molar-refractivity contribution >= 4 is 39.1 Å². The summed E-state index contributed by atoms with van der Waals surface area (Å²) in [5.74, 6) is 0. The third kappa shape index (κ3) is 5.09. The molecule has 262 valence electrons. The van der Waals surface area contributed by atoms with Crippen LogP contribution in [0.15, 0.2) is 181 Å². The molecular formula is C53H40N2. The first-order valence-corrected chi connectivity index (χ1v) is 19.6. The number of rotatable bonds is 6. The van der Waals surface area contributed by atoms with E-state index in [1.807, 2.05) is 0 Å². The summed E-state index contributed by atoms with van der Waals surface area (Å²) in [5, 5.41) is 3.97. The van der Waals surface area contributed by atoms with Gasteiger partial charge in [0.25, 0.3) is 0 Å². The first kappa shape index (κ1) is 31.8. The molecule has 0 saturated carbocycles. The molecule has 0 N–H and O–H groups in total. The Morgan fingerprint density at radius 3 is 1.96 bits per heavy atom. The maximum atomic E-state index is 2.53. The number of fused-ring (bicyclic) bond motifs is 6. The minimum atomic E-state index is 1.01. The molecule has 0 amide bonds. The minimum absolute atomic E-state index is 1.01. The third-order valence-corrected chi connectivity index (χ3v) is 12.0. The van der Waals surface area contributed by atoms with E-state index in [4.69, 9.17) is 0 Å². The van der Waals surface area contributed by atoms with E-state index in [1.54, 1.807) is 0 Å². The van der Waals surface area contributed by atoms with Gasteiger partial charge in [0.05, 0.1) is 11.2 Å². The molecule has 1 aromatic heterocycles. The highest BCUT2D eigenvalue weighted by Gasteiger charge is 2.26. The largest absolute Gasteiger partial charge is 0.313 e. The monoisotopic (exact) mass is 704 g/mol. The van der Waals surface area contributed by atoms with Gasteiger partial charge in [-0.1, -0.05) is 133 Å². The molecule has 3 aliphatic carbocycles. The van der Waals surface area contributed by atoms with Crippen molar-refractivity contribution in [1.29, 1.82) is 0 Å². The highest BCUT2D eigenvalue weighted by Crippen LogP contribution is 2.51. The van der Waals surface area contributed by atoms with Crippen molar-refractivity contribution in [2.45, 2.75) is 32.6 Å². The van der Waals surface area contributed by atoms with Crippen molar-refractivity contribution in [2.24, 2.45) is 0 Å². The average molecular weight is 705 g/mol. The van der Waals surface area contributed by atoms with Crippen LogP contribution in [0, 0.1) is 0 Å². The maximum Gasteiger partial charge on any atom is 0.0538 e. The molecule has 8 aromatic rings. The Morgan fingerprint density at radius 2 is 1.16 bits per heavy atom. The van der Waals surface area contributed by atoms with Gasteiger partial charge in [-0.3, -0.25) is 0 Å². The summed E-state index contributed by atoms with van der Waals surface area (Å²) >= 11 is 0. The molecule has 0 fully saturated rings. The number of hydrogen-bond donors (Lipinski definition) is 0. The van der Waals surface area contributed by atoms with Crippen molar-refractivity contribution in [3.63, 3.8) is 0 Å². The molecule has 0 unspecified atom stereocenters. The zero-order valence-electron chi connectivity index (χ0n) is 31.0. The van der Waals surface area contributed by atoms with Gasteiger partial charge in [0.2, 0.25) is 0 Å². The van der Waals surface area contributed by atoms with Crippen LogP contribution < -0.4 is 4.90 Å². The van der Waals surface area contributed by atoms with Crippen LogP contribution in [0.5, 0.6) is 0 Å². The normalized spacial score (nSPS) is 14.1. The minimum Gasteiger partial charge on any atom is -0.313 e. The second-order valence-electron chi connectivity index (χ2n) is 15.1. The summed E-state index contributed by atoms with van der Waals surface area (Å²) in [6.07, 6.45) is 13.4. The smallest absolute Gasteiger partial charge is 0.0538 e. The Bertz CT molecular complexity index is 2870. The molecule has 2 heteroatoms. The Labute approximate surface area is 322 Å². The number of benzene rings is 7. The van der Waals surface area contributed by atoms with Gasteiger partial charge in [0, 0.05) is 39.1 Å². The van der Waals surface area contributed by atoms with Gasteiger partial charge in [-0.2, -0.15) is 0 Å². The summed E-state index contributed by atoms with van der Waals surface area (Å²) in [5.41, 5.74) is 20.6. The number of allylic oxidation sites excluding steroid dienone is 5. The van der Waals surface area contributed by atoms with Crippen LogP contribution in [0.1, 0.15) is 37.4 Å². The molecule has 7 aromatic carbocycles. The average Bonchev–Trinajstić information content (AvgIpc) is 3.76. The quantitative estimate of drug-likeness (QED) is 0.167. The summed E-state index contributed by atoms with van der Waals surface area (Å²) in [7, 11) is 0. The van der Waals surface area contributed by atoms with Crippen molar-refractivity contribution in [1.82, 2.24) is 4.57 Å². The lowest BCUT2D eigenvalue weighted by Gasteiger charge is -2.32. The third-order valence-electron chi connectivity index (χ3n) is 12.0. The Hall–Kier alpha value is -6.64. The van der Waals surface area contributed by atoms with Gasteiger partial charge in [-0.15, -0.1) is 0 Å². The molecule has 11 rings (SSSR count). The molecule has 0 saturated heterocycles. The van der Waals surface area contributed by atoms with E-state index >= 15 is 0 Å². The van der Waals surface area contributed by atoms with Gasteiger partial charge in [-0.05, 0) is 131 Å². The molecule has 1 heterocycles. The predicted molar refractivity (Wildman–Crippen MR) is 233 cm³/mol. The van der Waals surface area contributed by atoms with Crippen molar-refractivity contribution in [2.75, 3.05) is 4.90 Å². The lowest BCUT2D eigenvalue weighted by Crippen LogP contribution is -2.19. The molecule has 55 heavy (non-hydrogen) atoms. The Kier molecular flexibility index (Phi) is 7.38. The van der Waals surface area contributed by atoms with Gasteiger partial charge >= 0.3 is 0 Å². The fraction of sp³-hybridized carbons (Fsp3) is 0.0943. The molecule has 0 spiro atoms. The Balaban J connectivity index is 0.996. The highest BCUT2D eigenvalue weighted by molar-refractivity contribution is 6.18. The van der Waals surface area contributed by atoms with Crippen molar-refractivity contribution in [3.8, 4) is 50.2 Å². The van der Waals surface area contributed by atoms with Crippen LogP contribution in [0.2, 0.25) is 0 Å². The number of hydrogen-bond acceptors (Lipinski definition) is 1. The lowest BCUT2D eigenvalue weighted by molar-refractivity contribution is 0.888. The van der Waals surface area contributed by atoms with E-state index in [1.165, 1.54) is 106 Å². The zero-order chi connectivity index (χ0) is 36.5. The summed E-state index contributed by atoms with van der Waals surface area (Å²) < 4.78 is 2.49. The van der Waals surface area contributed by atoms with Crippen LogP contribution in [0.3, 0.4) is 0 Å². The van der Waals surface area contributed by atoms with Gasteiger partial charge in [0.15, 0.2) is 0 Å². The predicted octanol–water partition coefficient (Wildman–Crippen LogP) is 14.5. The highest BCUT2D eigenvalue weighted by atomic mass is 15.2. The standard InChI is InChI=1S/C53H40N2/c1-35-12-5-9-20-49(35)54(51-33-31-46-43-16-7-6-15-42(43)45-18-11-19-47(51)53(45)46)40-29-24-38(25-30-40)39-26-32-52-48(34-39)44-17-8-10-21-50(44)55(52)41-27-22-37(23-28-41)36-13-3-2-4-14-36/h2-8,11-19,22-34H,9-10,20-21H2,1H3. The summed E-state index contributed by atoms with van der Waals surface area (Å²) in [4.78, 5) is 2.53. The van der Waals surface area contributed by atoms with E-state index in [0.29, 0.717) is 0 Å². The molecule has 0 aliphatic heterocycles. The molecule has 0 bridgehead atoms. The van der Waals surface area contributed by atoms with Crippen LogP contribution in [0.4, 0.5) is 11.4 Å². The Morgan fingerprint density at radius 1 is 0.509 bits per heavy atom. The van der Waals surface area contributed by atoms with E-state index < -0.39 is 0 Å².